The number of fused-ring (bicyclic) bond motifs is 1. The zero-order valence-electron chi connectivity index (χ0n) is 21.2. The largest absolute Gasteiger partial charge is 0.443 e. The van der Waals surface area contributed by atoms with E-state index in [1.165, 1.54) is 5.57 Å². The van der Waals surface area contributed by atoms with E-state index in [1.54, 1.807) is 12.0 Å². The Labute approximate surface area is 202 Å². The zero-order chi connectivity index (χ0) is 24.3. The van der Waals surface area contributed by atoms with Crippen LogP contribution in [0.15, 0.2) is 11.6 Å². The van der Waals surface area contributed by atoms with Crippen molar-refractivity contribution in [2.75, 3.05) is 33.4 Å². The third-order valence-corrected chi connectivity index (χ3v) is 8.79. The lowest BCUT2D eigenvalue weighted by Crippen LogP contribution is -2.56. The van der Waals surface area contributed by atoms with E-state index >= 15 is 0 Å². The summed E-state index contributed by atoms with van der Waals surface area (Å²) in [5.41, 5.74) is 0.706. The number of hydrogen-bond acceptors (Lipinski definition) is 6. The molecule has 3 saturated heterocycles. The Morgan fingerprint density at radius 3 is 2.53 bits per heavy atom. The molecular weight excluding hydrogens is 436 g/mol. The van der Waals surface area contributed by atoms with Crippen molar-refractivity contribution in [1.29, 1.82) is 0 Å². The normalized spacial score (nSPS) is 43.8. The first kappa shape index (κ1) is 24.1. The van der Waals surface area contributed by atoms with Crippen molar-refractivity contribution >= 4 is 12.0 Å². The number of carbonyl (C=O) groups excluding carboxylic acids is 2. The summed E-state index contributed by atoms with van der Waals surface area (Å²) in [4.78, 5) is 27.1. The van der Waals surface area contributed by atoms with E-state index in [0.29, 0.717) is 26.2 Å². The molecule has 0 aromatic rings. The number of rotatable bonds is 8. The van der Waals surface area contributed by atoms with Gasteiger partial charge in [0, 0.05) is 32.7 Å². The predicted molar refractivity (Wildman–Crippen MR) is 125 cm³/mol. The van der Waals surface area contributed by atoms with Crippen LogP contribution in [0.5, 0.6) is 0 Å². The Morgan fingerprint density at radius 2 is 1.94 bits per heavy atom. The van der Waals surface area contributed by atoms with Crippen molar-refractivity contribution in [3.05, 3.63) is 11.6 Å². The first-order valence-corrected chi connectivity index (χ1v) is 12.9. The monoisotopic (exact) mass is 476 g/mol. The molecule has 2 aliphatic carbocycles. The minimum atomic E-state index is -0.345. The van der Waals surface area contributed by atoms with E-state index in [2.05, 4.69) is 32.2 Å². The fourth-order valence-corrected chi connectivity index (χ4v) is 6.70. The maximum atomic E-state index is 13.1. The fraction of sp³-hybridized carbons (Fsp3) is 0.846. The van der Waals surface area contributed by atoms with E-state index in [1.807, 2.05) is 6.92 Å². The Hall–Kier alpha value is -1.64. The number of nitrogens with one attached hydrogen (secondary N) is 1. The van der Waals surface area contributed by atoms with Crippen molar-refractivity contribution < 1.29 is 28.5 Å². The molecule has 5 fully saturated rings. The van der Waals surface area contributed by atoms with E-state index in [9.17, 15) is 9.59 Å². The first-order valence-electron chi connectivity index (χ1n) is 12.9. The van der Waals surface area contributed by atoms with E-state index in [4.69, 9.17) is 18.9 Å². The molecule has 5 aliphatic rings. The lowest BCUT2D eigenvalue weighted by atomic mass is 9.68. The van der Waals surface area contributed by atoms with Gasteiger partial charge in [-0.1, -0.05) is 18.6 Å². The molecule has 8 nitrogen and oxygen atoms in total. The van der Waals surface area contributed by atoms with Crippen LogP contribution in [0.2, 0.25) is 0 Å². The number of methoxy groups -OCH3 is 1. The van der Waals surface area contributed by atoms with E-state index in [0.717, 1.165) is 25.7 Å². The van der Waals surface area contributed by atoms with Gasteiger partial charge in [0.2, 0.25) is 5.91 Å². The Morgan fingerprint density at radius 1 is 1.24 bits per heavy atom. The van der Waals surface area contributed by atoms with Gasteiger partial charge in [-0.25, -0.2) is 4.79 Å². The molecule has 1 spiro atoms. The Kier molecular flexibility index (Phi) is 6.22. The highest BCUT2D eigenvalue weighted by Gasteiger charge is 2.72. The smallest absolute Gasteiger partial charge is 0.410 e. The minimum absolute atomic E-state index is 0.0192. The minimum Gasteiger partial charge on any atom is -0.443 e. The van der Waals surface area contributed by atoms with Crippen LogP contribution in [0.1, 0.15) is 53.4 Å². The van der Waals surface area contributed by atoms with Crippen molar-refractivity contribution in [1.82, 2.24) is 10.2 Å². The summed E-state index contributed by atoms with van der Waals surface area (Å²) < 4.78 is 24.3. The topological polar surface area (TPSA) is 92.9 Å². The quantitative estimate of drug-likeness (QED) is 0.428. The molecule has 5 rings (SSSR count). The maximum Gasteiger partial charge on any atom is 0.410 e. The number of piperidine rings is 1. The summed E-state index contributed by atoms with van der Waals surface area (Å²) in [6, 6.07) is 0. The van der Waals surface area contributed by atoms with Gasteiger partial charge in [0.15, 0.2) is 0 Å². The summed E-state index contributed by atoms with van der Waals surface area (Å²) in [7, 11) is 1.70. The third kappa shape index (κ3) is 4.16. The summed E-state index contributed by atoms with van der Waals surface area (Å²) in [5, 5.41) is 2.99. The second-order valence-electron chi connectivity index (χ2n) is 11.3. The van der Waals surface area contributed by atoms with Gasteiger partial charge in [0.05, 0.1) is 18.6 Å². The number of allylic oxidation sites excluding steroid dienone is 1. The second kappa shape index (κ2) is 8.79. The number of epoxide rings is 2. The summed E-state index contributed by atoms with van der Waals surface area (Å²) in [5.74, 6) is 0.733. The zero-order valence-corrected chi connectivity index (χ0v) is 21.2. The van der Waals surface area contributed by atoms with Crippen LogP contribution in [0.25, 0.3) is 0 Å². The van der Waals surface area contributed by atoms with Crippen LogP contribution < -0.4 is 5.32 Å². The average molecular weight is 477 g/mol. The van der Waals surface area contributed by atoms with Crippen LogP contribution in [0.4, 0.5) is 4.79 Å². The van der Waals surface area contributed by atoms with E-state index < -0.39 is 0 Å². The fourth-order valence-electron chi connectivity index (χ4n) is 6.70. The standard InChI is InChI=1S/C26H40N2O6/c1-6-11-27-23(29)20-16-12-28(13-17(16)20)24(30)33-18-9-10-26(14-32-26)22(21(18)31-5)25(4)19(34-25)8-7-15(2)3/h7,16-22H,6,8-14H2,1-5H3,(H,27,29)/t16-,17+,18-,19-,20?,21-,22-,25+,26+/m1/s1. The molecule has 1 unspecified atom stereocenters. The van der Waals surface area contributed by atoms with Crippen molar-refractivity contribution in [3.63, 3.8) is 0 Å². The number of amides is 2. The number of likely N-dealkylation sites (tertiary alicyclic amines) is 1. The summed E-state index contributed by atoms with van der Waals surface area (Å²) in [6.45, 7) is 11.0. The molecule has 2 saturated carbocycles. The van der Waals surface area contributed by atoms with Crippen molar-refractivity contribution in [3.8, 4) is 0 Å². The molecule has 9 atom stereocenters. The molecule has 0 bridgehead atoms. The number of nitrogens with zero attached hydrogens (tertiary/aromatic N) is 1. The molecular formula is C26H40N2O6. The Balaban J connectivity index is 1.20. The van der Waals surface area contributed by atoms with Crippen molar-refractivity contribution in [2.45, 2.75) is 82.9 Å². The number of hydrogen-bond donors (Lipinski definition) is 1. The van der Waals surface area contributed by atoms with Crippen LogP contribution in [-0.4, -0.2) is 79.8 Å². The SMILES string of the molecule is CCCNC(=O)C1[C@H]2CN(C(=O)O[C@@H]3CC[C@]4(CO4)[C@@H]([C@@]4(C)O[C@@H]4CC=C(C)C)[C@@H]3OC)C[C@@H]12. The van der Waals surface area contributed by atoms with Crippen molar-refractivity contribution in [2.24, 2.45) is 23.7 Å². The molecule has 8 heteroatoms. The highest BCUT2D eigenvalue weighted by atomic mass is 16.6. The molecule has 190 valence electrons. The molecule has 0 radical (unpaired) electrons. The second-order valence-corrected chi connectivity index (χ2v) is 11.3. The Bertz CT molecular complexity index is 840. The average Bonchev–Trinajstić information content (AvgIpc) is 3.76. The molecule has 0 aromatic heterocycles. The molecule has 0 aromatic carbocycles. The molecule has 1 N–H and O–H groups in total. The number of carbonyl (C=O) groups is 2. The maximum absolute atomic E-state index is 13.1. The highest BCUT2D eigenvalue weighted by Crippen LogP contribution is 2.60. The highest BCUT2D eigenvalue weighted by molar-refractivity contribution is 5.83. The molecule has 2 amide bonds. The lowest BCUT2D eigenvalue weighted by molar-refractivity contribution is -0.124. The summed E-state index contributed by atoms with van der Waals surface area (Å²) >= 11 is 0. The van der Waals surface area contributed by atoms with Gasteiger partial charge in [-0.3, -0.25) is 4.79 Å². The summed E-state index contributed by atoms with van der Waals surface area (Å²) in [6.07, 6.45) is 4.81. The third-order valence-electron chi connectivity index (χ3n) is 8.79. The molecule has 3 aliphatic heterocycles. The molecule has 3 heterocycles. The van der Waals surface area contributed by atoms with Crippen LogP contribution in [-0.2, 0) is 23.7 Å². The first-order chi connectivity index (χ1) is 16.2. The van der Waals surface area contributed by atoms with E-state index in [-0.39, 0.29) is 65.2 Å². The molecule has 34 heavy (non-hydrogen) atoms. The van der Waals surface area contributed by atoms with Gasteiger partial charge in [-0.2, -0.15) is 0 Å². The van der Waals surface area contributed by atoms with Gasteiger partial charge >= 0.3 is 6.09 Å². The van der Waals surface area contributed by atoms with Gasteiger partial charge < -0.3 is 29.2 Å². The van der Waals surface area contributed by atoms with Gasteiger partial charge in [-0.05, 0) is 58.3 Å². The van der Waals surface area contributed by atoms with Crippen LogP contribution in [0, 0.1) is 23.7 Å². The van der Waals surface area contributed by atoms with Gasteiger partial charge in [0.25, 0.3) is 0 Å². The number of ether oxygens (including phenoxy) is 4. The van der Waals surface area contributed by atoms with Gasteiger partial charge in [-0.15, -0.1) is 0 Å². The van der Waals surface area contributed by atoms with Crippen LogP contribution in [0.3, 0.4) is 0 Å². The van der Waals surface area contributed by atoms with Gasteiger partial charge in [0.1, 0.15) is 23.4 Å². The lowest BCUT2D eigenvalue weighted by Gasteiger charge is -2.43. The van der Waals surface area contributed by atoms with Crippen LogP contribution >= 0.6 is 0 Å². The predicted octanol–water partition coefficient (Wildman–Crippen LogP) is 2.90.